The summed E-state index contributed by atoms with van der Waals surface area (Å²) in [7, 11) is 0. The second-order valence-corrected chi connectivity index (χ2v) is 4.66. The van der Waals surface area contributed by atoms with Gasteiger partial charge in [0, 0.05) is 19.4 Å². The van der Waals surface area contributed by atoms with E-state index in [1.54, 1.807) is 0 Å². The number of rotatable bonds is 8. The maximum atomic E-state index is 11.7. The number of nitrogens with zero attached hydrogens (tertiary/aromatic N) is 1. The van der Waals surface area contributed by atoms with Crippen LogP contribution in [-0.4, -0.2) is 58.0 Å². The molecule has 0 bridgehead atoms. The smallest absolute Gasteiger partial charge is 0.326 e. The van der Waals surface area contributed by atoms with Gasteiger partial charge in [0.05, 0.1) is 6.54 Å². The molecule has 0 aromatic carbocycles. The first-order valence-electron chi connectivity index (χ1n) is 6.42. The number of carbonyl (C=O) groups is 4. The van der Waals surface area contributed by atoms with Crippen molar-refractivity contribution in [3.63, 3.8) is 0 Å². The largest absolute Gasteiger partial charge is 0.481 e. The fraction of sp³-hybridized carbons (Fsp3) is 0.667. The summed E-state index contributed by atoms with van der Waals surface area (Å²) in [6.07, 6.45) is 1.17. The highest BCUT2D eigenvalue weighted by atomic mass is 16.4. The Balaban J connectivity index is 2.40. The maximum Gasteiger partial charge on any atom is 0.326 e. The fourth-order valence-electron chi connectivity index (χ4n) is 2.00. The van der Waals surface area contributed by atoms with Crippen molar-refractivity contribution < 1.29 is 29.4 Å². The van der Waals surface area contributed by atoms with Crippen molar-refractivity contribution in [3.8, 4) is 0 Å². The lowest BCUT2D eigenvalue weighted by molar-refractivity contribution is -0.143. The molecule has 3 N–H and O–H groups in total. The summed E-state index contributed by atoms with van der Waals surface area (Å²) in [5.74, 6) is -2.87. The van der Waals surface area contributed by atoms with Crippen LogP contribution in [0.1, 0.15) is 32.1 Å². The van der Waals surface area contributed by atoms with Crippen LogP contribution in [0.15, 0.2) is 0 Å². The van der Waals surface area contributed by atoms with Crippen molar-refractivity contribution in [1.82, 2.24) is 10.2 Å². The first-order valence-corrected chi connectivity index (χ1v) is 6.42. The Labute approximate surface area is 115 Å². The molecule has 1 rings (SSSR count). The van der Waals surface area contributed by atoms with Crippen LogP contribution in [-0.2, 0) is 19.2 Å². The van der Waals surface area contributed by atoms with Gasteiger partial charge in [-0.1, -0.05) is 0 Å². The minimum absolute atomic E-state index is 0.0430. The van der Waals surface area contributed by atoms with E-state index in [2.05, 4.69) is 5.32 Å². The number of nitrogens with one attached hydrogen (secondary N) is 1. The highest BCUT2D eigenvalue weighted by Crippen LogP contribution is 2.09. The van der Waals surface area contributed by atoms with E-state index < -0.39 is 23.9 Å². The van der Waals surface area contributed by atoms with Crippen molar-refractivity contribution in [2.75, 3.05) is 13.1 Å². The van der Waals surface area contributed by atoms with Crippen LogP contribution >= 0.6 is 0 Å². The van der Waals surface area contributed by atoms with Crippen molar-refractivity contribution in [2.45, 2.75) is 38.1 Å². The average molecular weight is 286 g/mol. The van der Waals surface area contributed by atoms with Gasteiger partial charge in [-0.15, -0.1) is 0 Å². The van der Waals surface area contributed by atoms with Crippen LogP contribution in [0.2, 0.25) is 0 Å². The summed E-state index contributed by atoms with van der Waals surface area (Å²) in [5, 5.41) is 19.8. The summed E-state index contributed by atoms with van der Waals surface area (Å²) in [5.41, 5.74) is 0. The van der Waals surface area contributed by atoms with E-state index in [0.29, 0.717) is 19.4 Å². The molecule has 8 heteroatoms. The van der Waals surface area contributed by atoms with Gasteiger partial charge >= 0.3 is 11.9 Å². The van der Waals surface area contributed by atoms with Crippen molar-refractivity contribution >= 4 is 23.8 Å². The summed E-state index contributed by atoms with van der Waals surface area (Å²) in [4.78, 5) is 45.7. The fourth-order valence-corrected chi connectivity index (χ4v) is 2.00. The SMILES string of the molecule is O=C(O)CCC[C@@H](NC(=O)CN1CCCC1=O)C(=O)O. The Morgan fingerprint density at radius 3 is 2.50 bits per heavy atom. The van der Waals surface area contributed by atoms with E-state index in [-0.39, 0.29) is 31.7 Å². The van der Waals surface area contributed by atoms with Gasteiger partial charge in [0.2, 0.25) is 11.8 Å². The Morgan fingerprint density at radius 2 is 2.00 bits per heavy atom. The van der Waals surface area contributed by atoms with Crippen LogP contribution in [0.5, 0.6) is 0 Å². The van der Waals surface area contributed by atoms with E-state index in [0.717, 1.165) is 0 Å². The molecule has 0 saturated carbocycles. The molecule has 8 nitrogen and oxygen atoms in total. The van der Waals surface area contributed by atoms with E-state index >= 15 is 0 Å². The standard InChI is InChI=1S/C12H18N2O6/c15-9(7-14-6-2-4-10(14)16)13-8(12(19)20)3-1-5-11(17)18/h8H,1-7H2,(H,13,15)(H,17,18)(H,19,20)/t8-/m1/s1. The van der Waals surface area contributed by atoms with E-state index in [1.165, 1.54) is 4.90 Å². The normalized spacial score (nSPS) is 16.0. The van der Waals surface area contributed by atoms with Crippen LogP contribution in [0.3, 0.4) is 0 Å². The average Bonchev–Trinajstić information content (AvgIpc) is 2.73. The predicted molar refractivity (Wildman–Crippen MR) is 66.9 cm³/mol. The minimum Gasteiger partial charge on any atom is -0.481 e. The molecule has 1 fully saturated rings. The first-order chi connectivity index (χ1) is 9.40. The third kappa shape index (κ3) is 5.25. The van der Waals surface area contributed by atoms with Gasteiger partial charge in [0.15, 0.2) is 0 Å². The van der Waals surface area contributed by atoms with Gasteiger partial charge in [-0.25, -0.2) is 4.79 Å². The molecule has 2 amide bonds. The zero-order chi connectivity index (χ0) is 15.1. The zero-order valence-corrected chi connectivity index (χ0v) is 11.0. The Kier molecular flexibility index (Phi) is 5.95. The molecular weight excluding hydrogens is 268 g/mol. The molecule has 0 unspecified atom stereocenters. The number of carboxylic acid groups (broad SMARTS) is 2. The molecule has 0 aromatic heterocycles. The molecule has 1 aliphatic heterocycles. The summed E-state index contributed by atoms with van der Waals surface area (Å²) >= 11 is 0. The van der Waals surface area contributed by atoms with Gasteiger partial charge < -0.3 is 20.4 Å². The monoisotopic (exact) mass is 286 g/mol. The van der Waals surface area contributed by atoms with Crippen LogP contribution in [0, 0.1) is 0 Å². The molecule has 0 aliphatic carbocycles. The summed E-state index contributed by atoms with van der Waals surface area (Å²) in [6.45, 7) is 0.352. The molecule has 1 atom stereocenters. The molecule has 1 heterocycles. The second-order valence-electron chi connectivity index (χ2n) is 4.66. The highest BCUT2D eigenvalue weighted by Gasteiger charge is 2.25. The Bertz CT molecular complexity index is 409. The van der Waals surface area contributed by atoms with Gasteiger partial charge in [-0.2, -0.15) is 0 Å². The van der Waals surface area contributed by atoms with Crippen molar-refractivity contribution in [1.29, 1.82) is 0 Å². The molecular formula is C12H18N2O6. The lowest BCUT2D eigenvalue weighted by Crippen LogP contribution is -2.45. The number of aliphatic carboxylic acids is 2. The molecule has 0 aromatic rings. The van der Waals surface area contributed by atoms with Crippen molar-refractivity contribution in [2.24, 2.45) is 0 Å². The lowest BCUT2D eigenvalue weighted by atomic mass is 10.1. The molecule has 0 radical (unpaired) electrons. The summed E-state index contributed by atoms with van der Waals surface area (Å²) in [6, 6.07) is -1.13. The Morgan fingerprint density at radius 1 is 1.30 bits per heavy atom. The number of carbonyl (C=O) groups excluding carboxylic acids is 2. The number of likely N-dealkylation sites (tertiary alicyclic amines) is 1. The molecule has 1 saturated heterocycles. The number of hydrogen-bond donors (Lipinski definition) is 3. The van der Waals surface area contributed by atoms with Gasteiger partial charge in [-0.05, 0) is 19.3 Å². The topological polar surface area (TPSA) is 124 Å². The second kappa shape index (κ2) is 7.46. The van der Waals surface area contributed by atoms with Crippen LogP contribution in [0.4, 0.5) is 0 Å². The quantitative estimate of drug-likeness (QED) is 0.549. The number of hydrogen-bond acceptors (Lipinski definition) is 4. The molecule has 112 valence electrons. The summed E-state index contributed by atoms with van der Waals surface area (Å²) < 4.78 is 0. The first kappa shape index (κ1) is 15.9. The third-order valence-electron chi connectivity index (χ3n) is 3.02. The van der Waals surface area contributed by atoms with Crippen LogP contribution < -0.4 is 5.32 Å². The number of carboxylic acids is 2. The van der Waals surface area contributed by atoms with E-state index in [4.69, 9.17) is 10.2 Å². The predicted octanol–water partition coefficient (Wildman–Crippen LogP) is -0.567. The zero-order valence-electron chi connectivity index (χ0n) is 11.0. The Hall–Kier alpha value is -2.12. The lowest BCUT2D eigenvalue weighted by Gasteiger charge is -2.18. The van der Waals surface area contributed by atoms with E-state index in [1.807, 2.05) is 0 Å². The van der Waals surface area contributed by atoms with Gasteiger partial charge in [0.25, 0.3) is 0 Å². The highest BCUT2D eigenvalue weighted by molar-refractivity contribution is 5.88. The molecule has 20 heavy (non-hydrogen) atoms. The molecule has 0 spiro atoms. The van der Waals surface area contributed by atoms with Crippen LogP contribution in [0.25, 0.3) is 0 Å². The van der Waals surface area contributed by atoms with Gasteiger partial charge in [-0.3, -0.25) is 14.4 Å². The number of amides is 2. The van der Waals surface area contributed by atoms with Gasteiger partial charge in [0.1, 0.15) is 6.04 Å². The minimum atomic E-state index is -1.21. The molecule has 1 aliphatic rings. The maximum absolute atomic E-state index is 11.7. The third-order valence-corrected chi connectivity index (χ3v) is 3.02. The van der Waals surface area contributed by atoms with Crippen molar-refractivity contribution in [3.05, 3.63) is 0 Å². The van der Waals surface area contributed by atoms with E-state index in [9.17, 15) is 19.2 Å².